The zero-order valence-corrected chi connectivity index (χ0v) is 18.0. The van der Waals surface area contributed by atoms with Gasteiger partial charge in [0, 0.05) is 0 Å². The molecule has 32 heavy (non-hydrogen) atoms. The summed E-state index contributed by atoms with van der Waals surface area (Å²) >= 11 is 1.35. The Hall–Kier alpha value is -3.72. The second-order valence-electron chi connectivity index (χ2n) is 7.41. The van der Waals surface area contributed by atoms with Gasteiger partial charge in [0.2, 0.25) is 5.95 Å². The van der Waals surface area contributed by atoms with Gasteiger partial charge in [-0.15, -0.1) is 16.4 Å². The fourth-order valence-corrected chi connectivity index (χ4v) is 4.44. The molecule has 0 spiro atoms. The number of methoxy groups -OCH3 is 1. The Morgan fingerprint density at radius 3 is 2.59 bits per heavy atom. The number of rotatable bonds is 5. The number of benzene rings is 2. The number of ether oxygens (including phenoxy) is 1. The molecular weight excluding hydrogens is 429 g/mol. The summed E-state index contributed by atoms with van der Waals surface area (Å²) in [6, 6.07) is 17.6. The molecule has 2 aromatic heterocycles. The van der Waals surface area contributed by atoms with Crippen LogP contribution in [0.15, 0.2) is 66.0 Å². The second-order valence-corrected chi connectivity index (χ2v) is 8.36. The van der Waals surface area contributed by atoms with Crippen molar-refractivity contribution in [3.63, 3.8) is 0 Å². The lowest BCUT2D eigenvalue weighted by Crippen LogP contribution is -2.28. The van der Waals surface area contributed by atoms with Gasteiger partial charge in [0.1, 0.15) is 11.6 Å². The Labute approximate surface area is 187 Å². The third-order valence-electron chi connectivity index (χ3n) is 5.43. The molecule has 0 radical (unpaired) electrons. The number of halogens is 1. The highest BCUT2D eigenvalue weighted by Crippen LogP contribution is 2.38. The monoisotopic (exact) mass is 449 g/mol. The van der Waals surface area contributed by atoms with Gasteiger partial charge in [0.25, 0.3) is 11.9 Å². The molecule has 162 valence electrons. The number of amides is 1. The van der Waals surface area contributed by atoms with Gasteiger partial charge in [-0.1, -0.05) is 30.3 Å². The Morgan fingerprint density at radius 2 is 1.91 bits per heavy atom. The summed E-state index contributed by atoms with van der Waals surface area (Å²) < 4.78 is 20.6. The van der Waals surface area contributed by atoms with Gasteiger partial charge in [0.15, 0.2) is 0 Å². The van der Waals surface area contributed by atoms with Crippen molar-refractivity contribution in [1.82, 2.24) is 14.8 Å². The quantitative estimate of drug-likeness (QED) is 0.454. The molecule has 9 heteroatoms. The van der Waals surface area contributed by atoms with Crippen molar-refractivity contribution in [3.05, 3.63) is 87.9 Å². The van der Waals surface area contributed by atoms with Gasteiger partial charge in [-0.25, -0.2) is 9.07 Å². The summed E-state index contributed by atoms with van der Waals surface area (Å²) in [5.41, 5.74) is 1.98. The van der Waals surface area contributed by atoms with E-state index in [1.54, 1.807) is 30.0 Å². The van der Waals surface area contributed by atoms with Crippen LogP contribution in [-0.4, -0.2) is 27.8 Å². The minimum absolute atomic E-state index is 0.0477. The van der Waals surface area contributed by atoms with Crippen molar-refractivity contribution < 1.29 is 13.9 Å². The number of thiophene rings is 1. The maximum atomic E-state index is 13.5. The Balaban J connectivity index is 1.48. The summed E-state index contributed by atoms with van der Waals surface area (Å²) in [5.74, 6) is 0.979. The van der Waals surface area contributed by atoms with Gasteiger partial charge >= 0.3 is 0 Å². The van der Waals surface area contributed by atoms with E-state index in [4.69, 9.17) is 4.74 Å². The van der Waals surface area contributed by atoms with Crippen LogP contribution in [0.4, 0.5) is 16.3 Å². The van der Waals surface area contributed by atoms with E-state index in [0.717, 1.165) is 16.9 Å². The van der Waals surface area contributed by atoms with E-state index < -0.39 is 0 Å². The average molecular weight is 450 g/mol. The molecule has 0 bridgehead atoms. The molecule has 2 N–H and O–H groups in total. The van der Waals surface area contributed by atoms with E-state index >= 15 is 0 Å². The minimum atomic E-state index is -0.294. The number of nitrogens with one attached hydrogen (secondary N) is 2. The Morgan fingerprint density at radius 1 is 1.16 bits per heavy atom. The predicted octanol–water partition coefficient (Wildman–Crippen LogP) is 4.89. The number of hydrogen-bond donors (Lipinski definition) is 2. The standard InChI is InChI=1S/C23H20FN5O2S/c1-31-17-10-6-14(7-11-17)18-13-19(15-4-8-16(24)9-5-15)29-23(25-18)27-22(28-29)26-21(30)20-3-2-12-32-20/h2-12,18-19H,13H2,1H3,(H2,25,26,27,28,30)/t18-,19-/m1/s1. The minimum Gasteiger partial charge on any atom is -0.497 e. The van der Waals surface area contributed by atoms with E-state index in [1.165, 1.54) is 23.5 Å². The van der Waals surface area contributed by atoms with Gasteiger partial charge in [-0.3, -0.25) is 10.1 Å². The van der Waals surface area contributed by atoms with Crippen molar-refractivity contribution in [1.29, 1.82) is 0 Å². The number of nitrogens with zero attached hydrogens (tertiary/aromatic N) is 3. The van der Waals surface area contributed by atoms with Crippen molar-refractivity contribution >= 4 is 29.1 Å². The Bertz CT molecular complexity index is 1220. The first kappa shape index (κ1) is 20.2. The van der Waals surface area contributed by atoms with Crippen LogP contribution in [0.3, 0.4) is 0 Å². The molecule has 0 fully saturated rings. The summed E-state index contributed by atoms with van der Waals surface area (Å²) in [5, 5.41) is 12.6. The maximum Gasteiger partial charge on any atom is 0.268 e. The first-order valence-electron chi connectivity index (χ1n) is 10.1. The third-order valence-corrected chi connectivity index (χ3v) is 6.30. The predicted molar refractivity (Wildman–Crippen MR) is 121 cm³/mol. The largest absolute Gasteiger partial charge is 0.497 e. The van der Waals surface area contributed by atoms with E-state index in [2.05, 4.69) is 20.7 Å². The molecule has 1 amide bonds. The molecule has 0 saturated carbocycles. The topological polar surface area (TPSA) is 81.1 Å². The lowest BCUT2D eigenvalue weighted by Gasteiger charge is -2.31. The molecule has 5 rings (SSSR count). The molecule has 0 saturated heterocycles. The van der Waals surface area contributed by atoms with Crippen molar-refractivity contribution in [2.45, 2.75) is 18.5 Å². The smallest absolute Gasteiger partial charge is 0.268 e. The van der Waals surface area contributed by atoms with Gasteiger partial charge in [-0.05, 0) is 53.3 Å². The van der Waals surface area contributed by atoms with Crippen LogP contribution >= 0.6 is 11.3 Å². The molecule has 3 heterocycles. The van der Waals surface area contributed by atoms with Crippen LogP contribution in [-0.2, 0) is 0 Å². The fraction of sp³-hybridized carbons (Fsp3) is 0.174. The second kappa shape index (κ2) is 8.43. The maximum absolute atomic E-state index is 13.5. The van der Waals surface area contributed by atoms with Crippen LogP contribution in [0.2, 0.25) is 0 Å². The van der Waals surface area contributed by atoms with Crippen LogP contribution in [0.1, 0.15) is 39.3 Å². The van der Waals surface area contributed by atoms with Gasteiger partial charge in [-0.2, -0.15) is 4.98 Å². The molecular formula is C23H20FN5O2S. The molecule has 2 aromatic carbocycles. The summed E-state index contributed by atoms with van der Waals surface area (Å²) in [6.07, 6.45) is 0.673. The first-order chi connectivity index (χ1) is 15.6. The Kier molecular flexibility index (Phi) is 5.32. The number of aromatic nitrogens is 3. The van der Waals surface area contributed by atoms with E-state index in [0.29, 0.717) is 17.2 Å². The van der Waals surface area contributed by atoms with E-state index in [9.17, 15) is 9.18 Å². The summed E-state index contributed by atoms with van der Waals surface area (Å²) in [7, 11) is 1.63. The molecule has 1 aliphatic rings. The van der Waals surface area contributed by atoms with E-state index in [1.807, 2.05) is 35.7 Å². The lowest BCUT2D eigenvalue weighted by molar-refractivity contribution is 0.102. The molecule has 4 aromatic rings. The number of carbonyl (C=O) groups is 1. The van der Waals surface area contributed by atoms with Gasteiger partial charge < -0.3 is 10.1 Å². The molecule has 0 aliphatic carbocycles. The number of fused-ring (bicyclic) bond motifs is 1. The van der Waals surface area contributed by atoms with Crippen molar-refractivity contribution in [2.24, 2.45) is 0 Å². The number of anilines is 2. The zero-order valence-electron chi connectivity index (χ0n) is 17.2. The number of hydrogen-bond acceptors (Lipinski definition) is 6. The molecule has 0 unspecified atom stereocenters. The summed E-state index contributed by atoms with van der Waals surface area (Å²) in [6.45, 7) is 0. The molecule has 2 atom stereocenters. The molecule has 7 nitrogen and oxygen atoms in total. The van der Waals surface area contributed by atoms with Crippen LogP contribution in [0.25, 0.3) is 0 Å². The highest BCUT2D eigenvalue weighted by Gasteiger charge is 2.31. The van der Waals surface area contributed by atoms with Crippen molar-refractivity contribution in [3.8, 4) is 5.75 Å². The molecule has 1 aliphatic heterocycles. The fourth-order valence-electron chi connectivity index (χ4n) is 3.82. The normalized spacial score (nSPS) is 17.3. The highest BCUT2D eigenvalue weighted by atomic mass is 32.1. The van der Waals surface area contributed by atoms with Crippen LogP contribution in [0.5, 0.6) is 5.75 Å². The highest BCUT2D eigenvalue weighted by molar-refractivity contribution is 7.12. The summed E-state index contributed by atoms with van der Waals surface area (Å²) in [4.78, 5) is 17.6. The first-order valence-corrected chi connectivity index (χ1v) is 11.0. The van der Waals surface area contributed by atoms with Gasteiger partial charge in [0.05, 0.1) is 24.1 Å². The average Bonchev–Trinajstić information content (AvgIpc) is 3.49. The SMILES string of the molecule is COc1ccc([C@H]2C[C@H](c3ccc(F)cc3)n3nc(NC(=O)c4cccs4)nc3N2)cc1. The third kappa shape index (κ3) is 3.94. The van der Waals surface area contributed by atoms with Crippen molar-refractivity contribution in [2.75, 3.05) is 17.7 Å². The van der Waals surface area contributed by atoms with Crippen LogP contribution in [0, 0.1) is 5.82 Å². The van der Waals surface area contributed by atoms with Crippen LogP contribution < -0.4 is 15.4 Å². The zero-order chi connectivity index (χ0) is 22.1. The number of carbonyl (C=O) groups excluding carboxylic acids is 1. The lowest BCUT2D eigenvalue weighted by atomic mass is 9.93. The van der Waals surface area contributed by atoms with E-state index in [-0.39, 0.29) is 29.8 Å².